The summed E-state index contributed by atoms with van der Waals surface area (Å²) in [7, 11) is 0. The smallest absolute Gasteiger partial charge is 0.327 e. The van der Waals surface area contributed by atoms with Gasteiger partial charge in [-0.1, -0.05) is 0 Å². The van der Waals surface area contributed by atoms with Crippen LogP contribution in [0.2, 0.25) is 0 Å². The third-order valence-corrected chi connectivity index (χ3v) is 3.90. The predicted molar refractivity (Wildman–Crippen MR) is 63.6 cm³/mol. The lowest BCUT2D eigenvalue weighted by Gasteiger charge is -2.39. The Labute approximate surface area is 115 Å². The van der Waals surface area contributed by atoms with E-state index in [9.17, 15) is 30.0 Å². The van der Waals surface area contributed by atoms with Crippen molar-refractivity contribution < 1.29 is 30.0 Å². The lowest BCUT2D eigenvalue weighted by atomic mass is 10.1. The molecule has 4 N–H and O–H groups in total. The molecular formula is C10H18N4O6. The molecule has 4 amide bonds. The number of nitrogens with zero attached hydrogens (tertiary/aromatic N) is 4. The van der Waals surface area contributed by atoms with Crippen LogP contribution in [0.1, 0.15) is 6.92 Å². The van der Waals surface area contributed by atoms with E-state index >= 15 is 0 Å². The van der Waals surface area contributed by atoms with Gasteiger partial charge in [0.1, 0.15) is 20.2 Å². The minimum absolute atomic E-state index is 0.213. The number of carbonyl (C=O) groups is 2. The van der Waals surface area contributed by atoms with Gasteiger partial charge in [0.25, 0.3) is 0 Å². The second-order valence-electron chi connectivity index (χ2n) is 4.51. The van der Waals surface area contributed by atoms with Crippen LogP contribution >= 0.6 is 0 Å². The fourth-order valence-electron chi connectivity index (χ4n) is 3.01. The first-order chi connectivity index (χ1) is 9.54. The standard InChI is InChI=1S/C10H18N4O6/c1-2-11-7-10(3-15,13(5-17)8(11)19)14(6-18)9(20)12(7)4-16/h7,15-18H,2-6H2,1H3. The molecule has 10 nitrogen and oxygen atoms in total. The fraction of sp³-hybridized carbons (Fsp3) is 0.800. The maximum atomic E-state index is 12.2. The van der Waals surface area contributed by atoms with Crippen LogP contribution in [0.5, 0.6) is 0 Å². The molecule has 10 heteroatoms. The Bertz CT molecular complexity index is 387. The largest absolute Gasteiger partial charge is 0.392 e. The number of aliphatic hydroxyl groups is 4. The quantitative estimate of drug-likeness (QED) is 0.438. The summed E-state index contributed by atoms with van der Waals surface area (Å²) in [6.45, 7) is -0.954. The highest BCUT2D eigenvalue weighted by molar-refractivity contribution is 5.86. The second-order valence-corrected chi connectivity index (χ2v) is 4.51. The molecule has 0 aromatic carbocycles. The molecule has 2 heterocycles. The minimum atomic E-state index is -1.61. The van der Waals surface area contributed by atoms with Crippen molar-refractivity contribution in [2.24, 2.45) is 0 Å². The van der Waals surface area contributed by atoms with Gasteiger partial charge in [0.05, 0.1) is 6.61 Å². The summed E-state index contributed by atoms with van der Waals surface area (Å²) < 4.78 is 0. The maximum Gasteiger partial charge on any atom is 0.327 e. The molecule has 0 radical (unpaired) electrons. The summed E-state index contributed by atoms with van der Waals surface area (Å²) in [6, 6.07) is -1.31. The lowest BCUT2D eigenvalue weighted by molar-refractivity contribution is -0.0865. The van der Waals surface area contributed by atoms with Crippen LogP contribution in [0.25, 0.3) is 0 Å². The molecule has 20 heavy (non-hydrogen) atoms. The first-order valence-electron chi connectivity index (χ1n) is 6.15. The number of rotatable bonds is 5. The van der Waals surface area contributed by atoms with Gasteiger partial charge >= 0.3 is 12.1 Å². The summed E-state index contributed by atoms with van der Waals surface area (Å²) in [5, 5.41) is 37.9. The lowest BCUT2D eigenvalue weighted by Crippen LogP contribution is -2.63. The first-order valence-corrected chi connectivity index (χ1v) is 6.15. The van der Waals surface area contributed by atoms with Crippen LogP contribution < -0.4 is 0 Å². The Hall–Kier alpha value is -1.62. The monoisotopic (exact) mass is 290 g/mol. The molecule has 2 rings (SSSR count). The van der Waals surface area contributed by atoms with Gasteiger partial charge < -0.3 is 20.4 Å². The third-order valence-electron chi connectivity index (χ3n) is 3.90. The Morgan fingerprint density at radius 3 is 1.80 bits per heavy atom. The van der Waals surface area contributed by atoms with Crippen molar-refractivity contribution in [3.05, 3.63) is 0 Å². The van der Waals surface area contributed by atoms with Crippen molar-refractivity contribution in [2.75, 3.05) is 33.3 Å². The van der Waals surface area contributed by atoms with Gasteiger partial charge in [-0.3, -0.25) is 19.6 Å². The van der Waals surface area contributed by atoms with Crippen molar-refractivity contribution in [1.29, 1.82) is 0 Å². The van der Waals surface area contributed by atoms with Gasteiger partial charge in [0.2, 0.25) is 0 Å². The first kappa shape index (κ1) is 14.8. The van der Waals surface area contributed by atoms with Crippen molar-refractivity contribution in [2.45, 2.75) is 18.8 Å². The zero-order valence-corrected chi connectivity index (χ0v) is 11.0. The Kier molecular flexibility index (Phi) is 3.73. The van der Waals surface area contributed by atoms with Gasteiger partial charge in [-0.2, -0.15) is 0 Å². The Morgan fingerprint density at radius 2 is 1.45 bits per heavy atom. The highest BCUT2D eigenvalue weighted by atomic mass is 16.3. The normalized spacial score (nSPS) is 29.8. The Morgan fingerprint density at radius 1 is 0.950 bits per heavy atom. The number of hydrogen-bond donors (Lipinski definition) is 4. The molecule has 2 aliphatic rings. The summed E-state index contributed by atoms with van der Waals surface area (Å²) in [5.41, 5.74) is -1.61. The summed E-state index contributed by atoms with van der Waals surface area (Å²) in [5.74, 6) is 0. The highest BCUT2D eigenvalue weighted by Crippen LogP contribution is 2.42. The van der Waals surface area contributed by atoms with Crippen LogP contribution in [0, 0.1) is 0 Å². The van der Waals surface area contributed by atoms with Crippen molar-refractivity contribution in [1.82, 2.24) is 19.6 Å². The fourth-order valence-corrected chi connectivity index (χ4v) is 3.01. The molecule has 2 fully saturated rings. The van der Waals surface area contributed by atoms with Crippen LogP contribution in [0.4, 0.5) is 9.59 Å². The van der Waals surface area contributed by atoms with Gasteiger partial charge in [-0.25, -0.2) is 9.59 Å². The molecule has 0 aromatic heterocycles. The van der Waals surface area contributed by atoms with E-state index in [1.807, 2.05) is 0 Å². The van der Waals surface area contributed by atoms with E-state index in [1.54, 1.807) is 6.92 Å². The van der Waals surface area contributed by atoms with Crippen LogP contribution in [0.15, 0.2) is 0 Å². The molecule has 2 atom stereocenters. The Balaban J connectivity index is 2.60. The predicted octanol–water partition coefficient (Wildman–Crippen LogP) is -2.65. The number of likely N-dealkylation sites (N-methyl/N-ethyl adjacent to an activating group) is 1. The SMILES string of the molecule is CCN1C(=O)N(CO)C2(CO)C1N(CO)C(=O)N2CO. The average Bonchev–Trinajstić information content (AvgIpc) is 2.83. The highest BCUT2D eigenvalue weighted by Gasteiger charge is 2.68. The number of hydrogen-bond acceptors (Lipinski definition) is 6. The number of aliphatic hydroxyl groups excluding tert-OH is 4. The van der Waals surface area contributed by atoms with E-state index in [1.165, 1.54) is 4.90 Å². The average molecular weight is 290 g/mol. The molecule has 0 saturated carbocycles. The number of amides is 4. The summed E-state index contributed by atoms with van der Waals surface area (Å²) >= 11 is 0. The van der Waals surface area contributed by atoms with Crippen LogP contribution in [-0.2, 0) is 0 Å². The molecule has 114 valence electrons. The molecule has 0 spiro atoms. The number of urea groups is 2. The van der Waals surface area contributed by atoms with E-state index in [-0.39, 0.29) is 6.54 Å². The second kappa shape index (κ2) is 5.05. The third kappa shape index (κ3) is 1.47. The minimum Gasteiger partial charge on any atom is -0.392 e. The molecule has 2 unspecified atom stereocenters. The van der Waals surface area contributed by atoms with Gasteiger partial charge in [-0.05, 0) is 6.92 Å². The van der Waals surface area contributed by atoms with Gasteiger partial charge in [0.15, 0.2) is 11.8 Å². The van der Waals surface area contributed by atoms with Gasteiger partial charge in [0, 0.05) is 6.54 Å². The molecule has 0 aromatic rings. The molecule has 0 aliphatic carbocycles. The van der Waals surface area contributed by atoms with Crippen LogP contribution in [-0.4, -0.2) is 97.3 Å². The van der Waals surface area contributed by atoms with Crippen molar-refractivity contribution in [3.8, 4) is 0 Å². The zero-order valence-electron chi connectivity index (χ0n) is 11.0. The molecule has 0 bridgehead atoms. The molecule has 2 aliphatic heterocycles. The zero-order chi connectivity index (χ0) is 15.1. The van der Waals surface area contributed by atoms with E-state index in [0.717, 1.165) is 14.7 Å². The number of fused-ring (bicyclic) bond motifs is 1. The summed E-state index contributed by atoms with van der Waals surface area (Å²) in [4.78, 5) is 28.4. The van der Waals surface area contributed by atoms with Gasteiger partial charge in [-0.15, -0.1) is 0 Å². The van der Waals surface area contributed by atoms with E-state index in [4.69, 9.17) is 0 Å². The van der Waals surface area contributed by atoms with Crippen molar-refractivity contribution in [3.63, 3.8) is 0 Å². The van der Waals surface area contributed by atoms with E-state index in [2.05, 4.69) is 0 Å². The number of carbonyl (C=O) groups excluding carboxylic acids is 2. The molecular weight excluding hydrogens is 272 g/mol. The van der Waals surface area contributed by atoms with Crippen molar-refractivity contribution >= 4 is 12.1 Å². The van der Waals surface area contributed by atoms with Crippen LogP contribution in [0.3, 0.4) is 0 Å². The maximum absolute atomic E-state index is 12.2. The van der Waals surface area contributed by atoms with E-state index in [0.29, 0.717) is 0 Å². The van der Waals surface area contributed by atoms with E-state index < -0.39 is 50.7 Å². The summed E-state index contributed by atoms with van der Waals surface area (Å²) in [6.07, 6.45) is -0.984. The molecule has 2 saturated heterocycles. The topological polar surface area (TPSA) is 128 Å².